The molecule has 0 radical (unpaired) electrons. The van der Waals surface area contributed by atoms with Crippen LogP contribution in [0, 0.1) is 4.91 Å². The molecule has 0 saturated carbocycles. The second-order valence-corrected chi connectivity index (χ2v) is 2.78. The fourth-order valence-corrected chi connectivity index (χ4v) is 1.04. The number of nitrogens with zero attached hydrogens (tertiary/aromatic N) is 1. The van der Waals surface area contributed by atoms with Crippen LogP contribution in [-0.2, 0) is 0 Å². The van der Waals surface area contributed by atoms with Gasteiger partial charge in [-0.15, -0.1) is 4.91 Å². The van der Waals surface area contributed by atoms with Gasteiger partial charge in [0.1, 0.15) is 5.69 Å². The first-order valence-electron chi connectivity index (χ1n) is 2.98. The minimum absolute atomic E-state index is 0.0957. The van der Waals surface area contributed by atoms with Crippen LogP contribution in [0.3, 0.4) is 0 Å². The normalized spacial score (nSPS) is 9.50. The van der Waals surface area contributed by atoms with Crippen LogP contribution in [0.1, 0.15) is 10.4 Å². The Balaban J connectivity index is 3.18. The minimum atomic E-state index is -0.616. The highest BCUT2D eigenvalue weighted by molar-refractivity contribution is 6.67. The minimum Gasteiger partial charge on any atom is -0.276 e. The van der Waals surface area contributed by atoms with Gasteiger partial charge in [-0.2, -0.15) is 0 Å². The van der Waals surface area contributed by atoms with Gasteiger partial charge >= 0.3 is 0 Å². The third-order valence-corrected chi connectivity index (χ3v) is 1.79. The van der Waals surface area contributed by atoms with E-state index in [1.165, 1.54) is 18.2 Å². The lowest BCUT2D eigenvalue weighted by Crippen LogP contribution is -1.86. The summed E-state index contributed by atoms with van der Waals surface area (Å²) in [6, 6.07) is 4.02. The molecule has 0 spiro atoms. The van der Waals surface area contributed by atoms with E-state index in [4.69, 9.17) is 23.2 Å². The van der Waals surface area contributed by atoms with Crippen molar-refractivity contribution in [3.05, 3.63) is 33.7 Å². The molecule has 0 amide bonds. The SMILES string of the molecule is O=Nc1ccc(C(=O)Cl)cc1Cl. The molecule has 0 aliphatic rings. The highest BCUT2D eigenvalue weighted by Crippen LogP contribution is 2.25. The molecule has 3 nitrogen and oxygen atoms in total. The topological polar surface area (TPSA) is 46.5 Å². The predicted molar refractivity (Wildman–Crippen MR) is 47.1 cm³/mol. The monoisotopic (exact) mass is 203 g/mol. The van der Waals surface area contributed by atoms with Gasteiger partial charge in [0.05, 0.1) is 5.02 Å². The molecule has 0 heterocycles. The first kappa shape index (κ1) is 9.16. The molecule has 5 heteroatoms. The summed E-state index contributed by atoms with van der Waals surface area (Å²) in [5.74, 6) is 0. The fraction of sp³-hybridized carbons (Fsp3) is 0. The fourth-order valence-electron chi connectivity index (χ4n) is 0.703. The van der Waals surface area contributed by atoms with E-state index in [2.05, 4.69) is 5.18 Å². The number of nitroso groups, excluding NO2 is 1. The largest absolute Gasteiger partial charge is 0.276 e. The molecule has 0 aliphatic carbocycles. The standard InChI is InChI=1S/C7H3Cl2NO2/c8-5-3-4(7(9)11)1-2-6(5)10-12/h1-3H. The third-order valence-electron chi connectivity index (χ3n) is 1.27. The van der Waals surface area contributed by atoms with Crippen LogP contribution in [0.5, 0.6) is 0 Å². The zero-order valence-corrected chi connectivity index (χ0v) is 7.26. The van der Waals surface area contributed by atoms with Crippen LogP contribution in [-0.4, -0.2) is 5.24 Å². The van der Waals surface area contributed by atoms with E-state index in [9.17, 15) is 9.70 Å². The van der Waals surface area contributed by atoms with Crippen molar-refractivity contribution in [3.8, 4) is 0 Å². The lowest BCUT2D eigenvalue weighted by atomic mass is 10.2. The molecule has 12 heavy (non-hydrogen) atoms. The Labute approximate surface area is 78.3 Å². The highest BCUT2D eigenvalue weighted by atomic mass is 35.5. The number of benzene rings is 1. The molecule has 0 fully saturated rings. The first-order valence-corrected chi connectivity index (χ1v) is 3.73. The number of rotatable bonds is 2. The Bertz CT molecular complexity index is 338. The Morgan fingerprint density at radius 1 is 1.42 bits per heavy atom. The molecule has 0 aromatic heterocycles. The van der Waals surface area contributed by atoms with Gasteiger partial charge in [-0.05, 0) is 35.0 Å². The summed E-state index contributed by atoms with van der Waals surface area (Å²) in [5, 5.41) is 2.14. The number of hydrogen-bond acceptors (Lipinski definition) is 3. The molecule has 0 unspecified atom stereocenters. The van der Waals surface area contributed by atoms with Gasteiger partial charge in [0.2, 0.25) is 0 Å². The average Bonchev–Trinajstić information content (AvgIpc) is 2.04. The maximum atomic E-state index is 10.6. The lowest BCUT2D eigenvalue weighted by Gasteiger charge is -1.95. The quantitative estimate of drug-likeness (QED) is 0.548. The third kappa shape index (κ3) is 1.81. The summed E-state index contributed by atoms with van der Waals surface area (Å²) in [6.45, 7) is 0. The van der Waals surface area contributed by atoms with Crippen molar-refractivity contribution < 1.29 is 4.79 Å². The van der Waals surface area contributed by atoms with E-state index >= 15 is 0 Å². The van der Waals surface area contributed by atoms with E-state index in [1.54, 1.807) is 0 Å². The molecule has 0 saturated heterocycles. The molecule has 1 aromatic carbocycles. The molecule has 0 aliphatic heterocycles. The van der Waals surface area contributed by atoms with Gasteiger partial charge in [-0.25, -0.2) is 0 Å². The van der Waals surface area contributed by atoms with Crippen molar-refractivity contribution >= 4 is 34.1 Å². The lowest BCUT2D eigenvalue weighted by molar-refractivity contribution is 0.108. The molecule has 0 N–H and O–H groups in total. The number of carbonyl (C=O) groups excluding carboxylic acids is 1. The van der Waals surface area contributed by atoms with E-state index in [-0.39, 0.29) is 16.3 Å². The molecule has 0 bridgehead atoms. The van der Waals surface area contributed by atoms with Gasteiger partial charge in [0.15, 0.2) is 0 Å². The molecular weight excluding hydrogens is 201 g/mol. The van der Waals surface area contributed by atoms with Gasteiger partial charge in [-0.1, -0.05) is 11.6 Å². The second kappa shape index (κ2) is 3.65. The summed E-state index contributed by atoms with van der Waals surface area (Å²) < 4.78 is 0. The molecule has 1 rings (SSSR count). The van der Waals surface area contributed by atoms with Crippen LogP contribution in [0.4, 0.5) is 5.69 Å². The van der Waals surface area contributed by atoms with Crippen LogP contribution in [0.2, 0.25) is 5.02 Å². The number of hydrogen-bond donors (Lipinski definition) is 0. The maximum absolute atomic E-state index is 10.6. The number of halogens is 2. The van der Waals surface area contributed by atoms with Crippen molar-refractivity contribution in [2.75, 3.05) is 0 Å². The Morgan fingerprint density at radius 2 is 2.08 bits per heavy atom. The van der Waals surface area contributed by atoms with Crippen LogP contribution >= 0.6 is 23.2 Å². The Kier molecular flexibility index (Phi) is 2.78. The summed E-state index contributed by atoms with van der Waals surface area (Å²) >= 11 is 10.7. The first-order chi connectivity index (χ1) is 5.65. The van der Waals surface area contributed by atoms with Gasteiger partial charge in [0.25, 0.3) is 5.24 Å². The maximum Gasteiger partial charge on any atom is 0.252 e. The highest BCUT2D eigenvalue weighted by Gasteiger charge is 2.05. The zero-order chi connectivity index (χ0) is 9.14. The van der Waals surface area contributed by atoms with Crippen LogP contribution < -0.4 is 0 Å². The van der Waals surface area contributed by atoms with E-state index in [0.717, 1.165) is 0 Å². The Morgan fingerprint density at radius 3 is 2.50 bits per heavy atom. The molecule has 0 atom stereocenters. The zero-order valence-electron chi connectivity index (χ0n) is 5.75. The summed E-state index contributed by atoms with van der Waals surface area (Å²) in [6.07, 6.45) is 0. The van der Waals surface area contributed by atoms with Crippen molar-refractivity contribution in [1.82, 2.24) is 0 Å². The van der Waals surface area contributed by atoms with E-state index in [1.807, 2.05) is 0 Å². The summed E-state index contributed by atoms with van der Waals surface area (Å²) in [4.78, 5) is 20.7. The smallest absolute Gasteiger partial charge is 0.252 e. The second-order valence-electron chi connectivity index (χ2n) is 2.03. The molecule has 62 valence electrons. The number of carbonyl (C=O) groups is 1. The van der Waals surface area contributed by atoms with Gasteiger partial charge < -0.3 is 0 Å². The van der Waals surface area contributed by atoms with Crippen molar-refractivity contribution in [3.63, 3.8) is 0 Å². The van der Waals surface area contributed by atoms with Gasteiger partial charge in [0, 0.05) is 5.56 Å². The van der Waals surface area contributed by atoms with Crippen molar-refractivity contribution in [1.29, 1.82) is 0 Å². The van der Waals surface area contributed by atoms with Crippen molar-refractivity contribution in [2.24, 2.45) is 5.18 Å². The molecule has 1 aromatic rings. The van der Waals surface area contributed by atoms with E-state index < -0.39 is 5.24 Å². The average molecular weight is 204 g/mol. The van der Waals surface area contributed by atoms with Crippen LogP contribution in [0.25, 0.3) is 0 Å². The summed E-state index contributed by atoms with van der Waals surface area (Å²) in [5.41, 5.74) is 0.340. The van der Waals surface area contributed by atoms with Gasteiger partial charge in [-0.3, -0.25) is 4.79 Å². The Hall–Kier alpha value is -0.930. The van der Waals surface area contributed by atoms with Crippen molar-refractivity contribution in [2.45, 2.75) is 0 Å². The summed E-state index contributed by atoms with van der Waals surface area (Å²) in [7, 11) is 0. The van der Waals surface area contributed by atoms with E-state index in [0.29, 0.717) is 0 Å². The molecular formula is C7H3Cl2NO2. The predicted octanol–water partition coefficient (Wildman–Crippen LogP) is 3.12. The van der Waals surface area contributed by atoms with Crippen LogP contribution in [0.15, 0.2) is 23.4 Å².